The molecule has 6 heteroatoms. The van der Waals surface area contributed by atoms with Crippen molar-refractivity contribution in [3.63, 3.8) is 0 Å². The van der Waals surface area contributed by atoms with Crippen molar-refractivity contribution in [1.82, 2.24) is 0 Å². The molecule has 1 aliphatic heterocycles. The van der Waals surface area contributed by atoms with Gasteiger partial charge in [-0.2, -0.15) is 0 Å². The van der Waals surface area contributed by atoms with E-state index in [2.05, 4.69) is 0 Å². The van der Waals surface area contributed by atoms with Crippen LogP contribution in [0.5, 0.6) is 17.2 Å². The van der Waals surface area contributed by atoms with Crippen LogP contribution >= 0.6 is 0 Å². The van der Waals surface area contributed by atoms with E-state index < -0.39 is 12.1 Å². The molecule has 0 N–H and O–H groups in total. The van der Waals surface area contributed by atoms with Crippen LogP contribution in [0.4, 0.5) is 0 Å². The summed E-state index contributed by atoms with van der Waals surface area (Å²) in [6, 6.07) is 21.4. The van der Waals surface area contributed by atoms with Gasteiger partial charge in [-0.3, -0.25) is 4.79 Å². The fourth-order valence-electron chi connectivity index (χ4n) is 3.50. The number of Topliss-reactive ketones (excluding diaryl/α,β-unsaturated/α-hetero) is 1. The molecule has 168 valence electrons. The van der Waals surface area contributed by atoms with Crippen LogP contribution < -0.4 is 14.2 Å². The predicted octanol–water partition coefficient (Wildman–Crippen LogP) is 5.38. The summed E-state index contributed by atoms with van der Waals surface area (Å²) >= 11 is 0. The number of esters is 1. The number of rotatable bonds is 8. The van der Waals surface area contributed by atoms with Crippen molar-refractivity contribution in [2.45, 2.75) is 20.0 Å². The first kappa shape index (κ1) is 22.1. The summed E-state index contributed by atoms with van der Waals surface area (Å²) in [6.45, 7) is 4.40. The number of para-hydroxylation sites is 1. The molecule has 1 unspecified atom stereocenters. The van der Waals surface area contributed by atoms with Crippen LogP contribution in [0.15, 0.2) is 78.6 Å². The molecule has 0 bridgehead atoms. The van der Waals surface area contributed by atoms with Gasteiger partial charge in [0.1, 0.15) is 17.2 Å². The number of allylic oxidation sites excluding steroid dienone is 1. The van der Waals surface area contributed by atoms with Crippen molar-refractivity contribution in [2.24, 2.45) is 0 Å². The number of ether oxygens (including phenoxy) is 4. The third-order valence-electron chi connectivity index (χ3n) is 5.00. The van der Waals surface area contributed by atoms with E-state index in [1.54, 1.807) is 43.3 Å². The molecule has 1 aliphatic rings. The van der Waals surface area contributed by atoms with E-state index in [4.69, 9.17) is 18.9 Å². The third kappa shape index (κ3) is 4.90. The number of hydrogen-bond acceptors (Lipinski definition) is 6. The molecular weight excluding hydrogens is 420 g/mol. The predicted molar refractivity (Wildman–Crippen MR) is 123 cm³/mol. The van der Waals surface area contributed by atoms with Gasteiger partial charge in [0.05, 0.1) is 18.8 Å². The minimum Gasteiger partial charge on any atom is -0.493 e. The van der Waals surface area contributed by atoms with Crippen LogP contribution in [-0.2, 0) is 9.53 Å². The van der Waals surface area contributed by atoms with Gasteiger partial charge in [0, 0.05) is 17.2 Å². The average molecular weight is 444 g/mol. The highest BCUT2D eigenvalue weighted by molar-refractivity contribution is 6.14. The summed E-state index contributed by atoms with van der Waals surface area (Å²) in [5, 5.41) is 0. The Morgan fingerprint density at radius 1 is 0.970 bits per heavy atom. The van der Waals surface area contributed by atoms with Gasteiger partial charge < -0.3 is 18.9 Å². The summed E-state index contributed by atoms with van der Waals surface area (Å²) in [6.07, 6.45) is 0.730. The molecule has 6 nitrogen and oxygen atoms in total. The van der Waals surface area contributed by atoms with Crippen LogP contribution in [0.1, 0.15) is 41.4 Å². The second-order valence-corrected chi connectivity index (χ2v) is 7.23. The summed E-state index contributed by atoms with van der Waals surface area (Å²) in [5.41, 5.74) is 1.84. The second-order valence-electron chi connectivity index (χ2n) is 7.23. The van der Waals surface area contributed by atoms with Gasteiger partial charge in [-0.15, -0.1) is 0 Å². The Balaban J connectivity index is 1.59. The fourth-order valence-corrected chi connectivity index (χ4v) is 3.50. The lowest BCUT2D eigenvalue weighted by Gasteiger charge is -2.18. The molecule has 0 saturated carbocycles. The van der Waals surface area contributed by atoms with Crippen LogP contribution in [0.3, 0.4) is 0 Å². The number of carbonyl (C=O) groups is 2. The molecule has 0 spiro atoms. The number of fused-ring (bicyclic) bond motifs is 1. The number of ketones is 1. The maximum Gasteiger partial charge on any atom is 0.352 e. The lowest BCUT2D eigenvalue weighted by molar-refractivity contribution is -0.151. The zero-order chi connectivity index (χ0) is 23.2. The highest BCUT2D eigenvalue weighted by Crippen LogP contribution is 2.37. The van der Waals surface area contributed by atoms with Crippen LogP contribution in [0.2, 0.25) is 0 Å². The summed E-state index contributed by atoms with van der Waals surface area (Å²) in [5.74, 6) is 0.901. The number of benzene rings is 3. The Morgan fingerprint density at radius 2 is 1.73 bits per heavy atom. The van der Waals surface area contributed by atoms with Crippen molar-refractivity contribution >= 4 is 17.8 Å². The van der Waals surface area contributed by atoms with Crippen molar-refractivity contribution in [1.29, 1.82) is 0 Å². The Hall–Kier alpha value is -4.06. The standard InChI is InChI=1S/C27H24O6/c1-3-30-22-13-9-8-12-19(22)16-24-25(28)21-15-14-20(17-23(21)33-24)32-26(27(29)31-4-2)18-10-6-5-7-11-18/h5-17,26H,3-4H2,1-2H3. The first-order valence-corrected chi connectivity index (χ1v) is 10.8. The largest absolute Gasteiger partial charge is 0.493 e. The SMILES string of the molecule is CCOC(=O)C(Oc1ccc2c(c1)OC(=Cc1ccccc1OCC)C2=O)c1ccccc1. The minimum atomic E-state index is -0.936. The van der Waals surface area contributed by atoms with Crippen molar-refractivity contribution in [2.75, 3.05) is 13.2 Å². The van der Waals surface area contributed by atoms with Crippen LogP contribution in [-0.4, -0.2) is 25.0 Å². The molecule has 3 aromatic rings. The van der Waals surface area contributed by atoms with E-state index >= 15 is 0 Å². The van der Waals surface area contributed by atoms with E-state index in [1.807, 2.05) is 49.4 Å². The van der Waals surface area contributed by atoms with Gasteiger partial charge >= 0.3 is 5.97 Å². The zero-order valence-electron chi connectivity index (χ0n) is 18.4. The average Bonchev–Trinajstić information content (AvgIpc) is 3.14. The molecule has 0 amide bonds. The van der Waals surface area contributed by atoms with E-state index in [0.29, 0.717) is 35.0 Å². The number of hydrogen-bond donors (Lipinski definition) is 0. The molecule has 0 radical (unpaired) electrons. The Bertz CT molecular complexity index is 1180. The maximum atomic E-state index is 12.9. The smallest absolute Gasteiger partial charge is 0.352 e. The van der Waals surface area contributed by atoms with Gasteiger partial charge in [-0.1, -0.05) is 48.5 Å². The van der Waals surface area contributed by atoms with Crippen LogP contribution in [0, 0.1) is 0 Å². The fraction of sp³-hybridized carbons (Fsp3) is 0.185. The van der Waals surface area contributed by atoms with E-state index in [-0.39, 0.29) is 18.1 Å². The molecule has 0 aromatic heterocycles. The van der Waals surface area contributed by atoms with Gasteiger partial charge in [0.2, 0.25) is 11.9 Å². The molecule has 33 heavy (non-hydrogen) atoms. The van der Waals surface area contributed by atoms with E-state index in [9.17, 15) is 9.59 Å². The number of carbonyl (C=O) groups excluding carboxylic acids is 2. The molecule has 3 aromatic carbocycles. The molecule has 0 aliphatic carbocycles. The van der Waals surface area contributed by atoms with Crippen molar-refractivity contribution in [3.8, 4) is 17.2 Å². The van der Waals surface area contributed by atoms with Crippen molar-refractivity contribution < 1.29 is 28.5 Å². The molecule has 1 heterocycles. The Labute approximate surface area is 192 Å². The first-order valence-electron chi connectivity index (χ1n) is 10.8. The Morgan fingerprint density at radius 3 is 2.48 bits per heavy atom. The molecule has 1 atom stereocenters. The first-order chi connectivity index (χ1) is 16.1. The molecule has 4 rings (SSSR count). The normalized spacial score (nSPS) is 14.4. The zero-order valence-corrected chi connectivity index (χ0v) is 18.4. The lowest BCUT2D eigenvalue weighted by Crippen LogP contribution is -2.21. The molecular formula is C27H24O6. The summed E-state index contributed by atoms with van der Waals surface area (Å²) < 4.78 is 22.6. The van der Waals surface area contributed by atoms with Gasteiger partial charge in [0.25, 0.3) is 0 Å². The van der Waals surface area contributed by atoms with Crippen LogP contribution in [0.25, 0.3) is 6.08 Å². The highest BCUT2D eigenvalue weighted by atomic mass is 16.6. The third-order valence-corrected chi connectivity index (χ3v) is 5.00. The molecule has 0 fully saturated rings. The van der Waals surface area contributed by atoms with E-state index in [0.717, 1.165) is 5.56 Å². The highest BCUT2D eigenvalue weighted by Gasteiger charge is 2.30. The van der Waals surface area contributed by atoms with E-state index in [1.165, 1.54) is 0 Å². The maximum absolute atomic E-state index is 12.9. The lowest BCUT2D eigenvalue weighted by atomic mass is 10.1. The van der Waals surface area contributed by atoms with Crippen molar-refractivity contribution in [3.05, 3.63) is 95.2 Å². The molecule has 0 saturated heterocycles. The van der Waals surface area contributed by atoms with Gasteiger partial charge in [-0.05, 0) is 38.1 Å². The summed E-state index contributed by atoms with van der Waals surface area (Å²) in [4.78, 5) is 25.4. The second kappa shape index (κ2) is 10.0. The minimum absolute atomic E-state index is 0.194. The monoisotopic (exact) mass is 444 g/mol. The quantitative estimate of drug-likeness (QED) is 0.343. The Kier molecular flexibility index (Phi) is 6.74. The topological polar surface area (TPSA) is 71.1 Å². The van der Waals surface area contributed by atoms with Gasteiger partial charge in [0.15, 0.2) is 5.76 Å². The summed E-state index contributed by atoms with van der Waals surface area (Å²) in [7, 11) is 0. The van der Waals surface area contributed by atoms with Gasteiger partial charge in [-0.25, -0.2) is 4.79 Å².